The lowest BCUT2D eigenvalue weighted by Crippen LogP contribution is -2.53. The molecule has 86 valence electrons. The number of aliphatic carboxylic acids is 1. The first-order valence-corrected chi connectivity index (χ1v) is 5.98. The zero-order valence-electron chi connectivity index (χ0n) is 9.11. The molecule has 0 amide bonds. The number of piperidine rings is 2. The minimum atomic E-state index is -0.631. The summed E-state index contributed by atoms with van der Waals surface area (Å²) in [6, 6.07) is 0.273. The van der Waals surface area contributed by atoms with Gasteiger partial charge >= 0.3 is 5.97 Å². The van der Waals surface area contributed by atoms with Crippen molar-refractivity contribution in [3.63, 3.8) is 0 Å². The van der Waals surface area contributed by atoms with Gasteiger partial charge in [-0.15, -0.1) is 0 Å². The summed E-state index contributed by atoms with van der Waals surface area (Å²) in [5.41, 5.74) is 0. The SMILES string of the molecule is O=C(O)[C@H]1CCCCN1C1CCNCC1. The van der Waals surface area contributed by atoms with Gasteiger partial charge < -0.3 is 10.4 Å². The molecule has 2 fully saturated rings. The number of hydrogen-bond donors (Lipinski definition) is 2. The minimum Gasteiger partial charge on any atom is -0.480 e. The van der Waals surface area contributed by atoms with E-state index in [0.717, 1.165) is 51.7 Å². The molecule has 0 spiro atoms. The second-order valence-corrected chi connectivity index (χ2v) is 4.57. The number of likely N-dealkylation sites (tertiary alicyclic amines) is 1. The molecular formula is C11H20N2O2. The lowest BCUT2D eigenvalue weighted by Gasteiger charge is -2.40. The molecular weight excluding hydrogens is 192 g/mol. The van der Waals surface area contributed by atoms with E-state index in [1.165, 1.54) is 0 Å². The third-order valence-corrected chi connectivity index (χ3v) is 3.61. The summed E-state index contributed by atoms with van der Waals surface area (Å²) in [4.78, 5) is 13.4. The normalized spacial score (nSPS) is 30.3. The van der Waals surface area contributed by atoms with Gasteiger partial charge in [0, 0.05) is 6.04 Å². The molecule has 4 heteroatoms. The first kappa shape index (κ1) is 10.9. The summed E-state index contributed by atoms with van der Waals surface area (Å²) in [6.07, 6.45) is 5.26. The van der Waals surface area contributed by atoms with Crippen LogP contribution in [0.25, 0.3) is 0 Å². The predicted molar refractivity (Wildman–Crippen MR) is 57.9 cm³/mol. The van der Waals surface area contributed by atoms with Crippen molar-refractivity contribution in [2.75, 3.05) is 19.6 Å². The summed E-state index contributed by atoms with van der Waals surface area (Å²) in [5, 5.41) is 12.5. The summed E-state index contributed by atoms with van der Waals surface area (Å²) < 4.78 is 0. The van der Waals surface area contributed by atoms with Crippen LogP contribution in [0, 0.1) is 0 Å². The van der Waals surface area contributed by atoms with Gasteiger partial charge in [-0.3, -0.25) is 9.69 Å². The molecule has 0 unspecified atom stereocenters. The topological polar surface area (TPSA) is 52.6 Å². The Morgan fingerprint density at radius 2 is 1.93 bits per heavy atom. The van der Waals surface area contributed by atoms with Crippen molar-refractivity contribution < 1.29 is 9.90 Å². The molecule has 2 saturated heterocycles. The van der Waals surface area contributed by atoms with E-state index in [1.54, 1.807) is 0 Å². The van der Waals surface area contributed by atoms with Crippen LogP contribution in [0.4, 0.5) is 0 Å². The van der Waals surface area contributed by atoms with Gasteiger partial charge in [0.25, 0.3) is 0 Å². The Morgan fingerprint density at radius 3 is 2.60 bits per heavy atom. The van der Waals surface area contributed by atoms with Crippen LogP contribution in [0.1, 0.15) is 32.1 Å². The number of nitrogens with one attached hydrogen (secondary N) is 1. The smallest absolute Gasteiger partial charge is 0.320 e. The maximum Gasteiger partial charge on any atom is 0.320 e. The zero-order valence-corrected chi connectivity index (χ0v) is 9.11. The Morgan fingerprint density at radius 1 is 1.20 bits per heavy atom. The number of nitrogens with zero attached hydrogens (tertiary/aromatic N) is 1. The van der Waals surface area contributed by atoms with Gasteiger partial charge in [0.1, 0.15) is 6.04 Å². The van der Waals surface area contributed by atoms with Gasteiger partial charge in [0.2, 0.25) is 0 Å². The predicted octanol–water partition coefficient (Wildman–Crippen LogP) is 0.677. The van der Waals surface area contributed by atoms with E-state index in [9.17, 15) is 9.90 Å². The average molecular weight is 212 g/mol. The van der Waals surface area contributed by atoms with E-state index in [-0.39, 0.29) is 6.04 Å². The molecule has 0 saturated carbocycles. The Kier molecular flexibility index (Phi) is 3.59. The fourth-order valence-corrected chi connectivity index (χ4v) is 2.79. The van der Waals surface area contributed by atoms with E-state index in [4.69, 9.17) is 0 Å². The molecule has 2 N–H and O–H groups in total. The molecule has 2 aliphatic heterocycles. The fourth-order valence-electron chi connectivity index (χ4n) is 2.79. The van der Waals surface area contributed by atoms with Crippen molar-refractivity contribution >= 4 is 5.97 Å². The van der Waals surface area contributed by atoms with Gasteiger partial charge in [-0.1, -0.05) is 6.42 Å². The molecule has 4 nitrogen and oxygen atoms in total. The number of carbonyl (C=O) groups is 1. The number of carboxylic acid groups (broad SMARTS) is 1. The van der Waals surface area contributed by atoms with E-state index in [0.29, 0.717) is 6.04 Å². The third-order valence-electron chi connectivity index (χ3n) is 3.61. The van der Waals surface area contributed by atoms with Crippen molar-refractivity contribution in [1.82, 2.24) is 10.2 Å². The minimum absolute atomic E-state index is 0.221. The van der Waals surface area contributed by atoms with Gasteiger partial charge in [-0.2, -0.15) is 0 Å². The van der Waals surface area contributed by atoms with Crippen LogP contribution < -0.4 is 5.32 Å². The maximum absolute atomic E-state index is 11.2. The second-order valence-electron chi connectivity index (χ2n) is 4.57. The Bertz CT molecular complexity index is 227. The lowest BCUT2D eigenvalue weighted by molar-refractivity contribution is -0.146. The molecule has 15 heavy (non-hydrogen) atoms. The maximum atomic E-state index is 11.2. The standard InChI is InChI=1S/C11H20N2O2/c14-11(15)10-3-1-2-8-13(10)9-4-6-12-7-5-9/h9-10,12H,1-8H2,(H,14,15)/t10-/m1/s1. The average Bonchev–Trinajstić information content (AvgIpc) is 2.30. The summed E-state index contributed by atoms with van der Waals surface area (Å²) in [6.45, 7) is 3.04. The fraction of sp³-hybridized carbons (Fsp3) is 0.909. The monoisotopic (exact) mass is 212 g/mol. The van der Waals surface area contributed by atoms with Gasteiger partial charge in [0.05, 0.1) is 0 Å². The van der Waals surface area contributed by atoms with E-state index in [1.807, 2.05) is 0 Å². The zero-order chi connectivity index (χ0) is 10.7. The first-order valence-electron chi connectivity index (χ1n) is 5.98. The highest BCUT2D eigenvalue weighted by atomic mass is 16.4. The number of rotatable bonds is 2. The number of carboxylic acids is 1. The third kappa shape index (κ3) is 2.49. The second kappa shape index (κ2) is 4.94. The Balaban J connectivity index is 1.99. The Hall–Kier alpha value is -0.610. The van der Waals surface area contributed by atoms with Crippen molar-refractivity contribution in [3.8, 4) is 0 Å². The highest BCUT2D eigenvalue weighted by molar-refractivity contribution is 5.73. The first-order chi connectivity index (χ1) is 7.29. The van der Waals surface area contributed by atoms with Crippen LogP contribution in [0.3, 0.4) is 0 Å². The van der Waals surface area contributed by atoms with Gasteiger partial charge in [-0.25, -0.2) is 0 Å². The molecule has 0 radical (unpaired) electrons. The molecule has 2 heterocycles. The van der Waals surface area contributed by atoms with Crippen LogP contribution in [-0.4, -0.2) is 47.7 Å². The highest BCUT2D eigenvalue weighted by Gasteiger charge is 2.33. The van der Waals surface area contributed by atoms with Crippen molar-refractivity contribution in [1.29, 1.82) is 0 Å². The van der Waals surface area contributed by atoms with Crippen molar-refractivity contribution in [2.45, 2.75) is 44.2 Å². The lowest BCUT2D eigenvalue weighted by atomic mass is 9.96. The van der Waals surface area contributed by atoms with Crippen LogP contribution in [-0.2, 0) is 4.79 Å². The largest absolute Gasteiger partial charge is 0.480 e. The van der Waals surface area contributed by atoms with E-state index in [2.05, 4.69) is 10.2 Å². The summed E-state index contributed by atoms with van der Waals surface area (Å²) in [5.74, 6) is -0.631. The van der Waals surface area contributed by atoms with E-state index >= 15 is 0 Å². The molecule has 0 aliphatic carbocycles. The van der Waals surface area contributed by atoms with Gasteiger partial charge in [0.15, 0.2) is 0 Å². The summed E-state index contributed by atoms with van der Waals surface area (Å²) in [7, 11) is 0. The highest BCUT2D eigenvalue weighted by Crippen LogP contribution is 2.23. The molecule has 0 bridgehead atoms. The molecule has 2 rings (SSSR count). The van der Waals surface area contributed by atoms with Crippen LogP contribution >= 0.6 is 0 Å². The quantitative estimate of drug-likeness (QED) is 0.706. The van der Waals surface area contributed by atoms with Crippen LogP contribution in [0.15, 0.2) is 0 Å². The van der Waals surface area contributed by atoms with Crippen molar-refractivity contribution in [2.24, 2.45) is 0 Å². The van der Waals surface area contributed by atoms with Crippen LogP contribution in [0.2, 0.25) is 0 Å². The molecule has 0 aromatic heterocycles. The van der Waals surface area contributed by atoms with Crippen LogP contribution in [0.5, 0.6) is 0 Å². The molecule has 2 aliphatic rings. The molecule has 0 aromatic rings. The van der Waals surface area contributed by atoms with E-state index < -0.39 is 5.97 Å². The molecule has 0 aromatic carbocycles. The van der Waals surface area contributed by atoms with Gasteiger partial charge in [-0.05, 0) is 45.3 Å². The molecule has 1 atom stereocenters. The van der Waals surface area contributed by atoms with Crippen molar-refractivity contribution in [3.05, 3.63) is 0 Å². The number of hydrogen-bond acceptors (Lipinski definition) is 3. The summed E-state index contributed by atoms with van der Waals surface area (Å²) >= 11 is 0. The Labute approximate surface area is 90.6 Å².